The smallest absolute Gasteiger partial charge is 0.487 e. The van der Waals surface area contributed by atoms with Gasteiger partial charge in [-0.15, -0.1) is 13.2 Å². The lowest BCUT2D eigenvalue weighted by atomic mass is 9.99. The van der Waals surface area contributed by atoms with Crippen molar-refractivity contribution in [2.75, 3.05) is 0 Å². The van der Waals surface area contributed by atoms with E-state index in [1.807, 2.05) is 64.2 Å². The van der Waals surface area contributed by atoms with Gasteiger partial charge >= 0.3 is 12.3 Å². The molecule has 0 saturated heterocycles. The van der Waals surface area contributed by atoms with E-state index in [1.165, 1.54) is 22.9 Å². The second kappa shape index (κ2) is 10.7. The van der Waals surface area contributed by atoms with Crippen molar-refractivity contribution < 1.29 is 32.5 Å². The SMILES string of the molecule is Cc1cc(OCc2c(C(C)C)cnn2-c2ccccc2OC(F)(F)F)ccc1-c1ccc2c(C(=O)O)cn(C)c2c1. The fraction of sp³-hybridized carbons (Fsp3) is 0.226. The number of alkyl halides is 3. The van der Waals surface area contributed by atoms with Crippen LogP contribution in [0.4, 0.5) is 13.2 Å². The van der Waals surface area contributed by atoms with Gasteiger partial charge < -0.3 is 19.1 Å². The number of nitrogens with zero attached hydrogens (tertiary/aromatic N) is 3. The largest absolute Gasteiger partial charge is 0.573 e. The van der Waals surface area contributed by atoms with Crippen molar-refractivity contribution in [1.82, 2.24) is 14.3 Å². The highest BCUT2D eigenvalue weighted by molar-refractivity contribution is 6.04. The van der Waals surface area contributed by atoms with E-state index in [2.05, 4.69) is 9.84 Å². The Morgan fingerprint density at radius 1 is 1.07 bits per heavy atom. The van der Waals surface area contributed by atoms with Crippen LogP contribution in [-0.4, -0.2) is 31.8 Å². The number of benzene rings is 3. The lowest BCUT2D eigenvalue weighted by Gasteiger charge is -2.17. The van der Waals surface area contributed by atoms with Crippen molar-refractivity contribution in [3.05, 3.63) is 95.4 Å². The molecule has 2 aromatic heterocycles. The van der Waals surface area contributed by atoms with E-state index in [-0.39, 0.29) is 29.5 Å². The van der Waals surface area contributed by atoms with E-state index in [1.54, 1.807) is 23.0 Å². The topological polar surface area (TPSA) is 78.5 Å². The maximum Gasteiger partial charge on any atom is 0.573 e. The standard InChI is InChI=1S/C31H28F3N3O4/c1-18(2)24-15-35-37(26-7-5-6-8-29(26)41-31(32,33)34)28(24)17-40-21-10-12-22(19(3)13-21)20-9-11-23-25(30(38)39)16-36(4)27(23)14-20/h5-16,18H,17H2,1-4H3,(H,38,39). The van der Waals surface area contributed by atoms with Crippen LogP contribution < -0.4 is 9.47 Å². The maximum absolute atomic E-state index is 13.1. The molecule has 7 nitrogen and oxygen atoms in total. The molecule has 3 aromatic carbocycles. The molecule has 0 aliphatic carbocycles. The molecule has 0 fully saturated rings. The van der Waals surface area contributed by atoms with Gasteiger partial charge in [0.15, 0.2) is 5.75 Å². The average molecular weight is 564 g/mol. The number of hydrogen-bond donors (Lipinski definition) is 1. The summed E-state index contributed by atoms with van der Waals surface area (Å²) in [6.07, 6.45) is -1.61. The molecule has 10 heteroatoms. The van der Waals surface area contributed by atoms with Crippen LogP contribution in [-0.2, 0) is 13.7 Å². The van der Waals surface area contributed by atoms with Gasteiger partial charge in [0.25, 0.3) is 0 Å². The Labute approximate surface area is 234 Å². The van der Waals surface area contributed by atoms with E-state index in [9.17, 15) is 23.1 Å². The van der Waals surface area contributed by atoms with E-state index < -0.39 is 12.3 Å². The second-order valence-corrected chi connectivity index (χ2v) is 10.1. The number of rotatable bonds is 8. The molecule has 1 N–H and O–H groups in total. The fourth-order valence-corrected chi connectivity index (χ4v) is 4.99. The van der Waals surface area contributed by atoms with Crippen LogP contribution in [0.3, 0.4) is 0 Å². The summed E-state index contributed by atoms with van der Waals surface area (Å²) in [7, 11) is 1.81. The highest BCUT2D eigenvalue weighted by Gasteiger charge is 2.33. The zero-order valence-corrected chi connectivity index (χ0v) is 22.9. The molecular formula is C31H28F3N3O4. The Balaban J connectivity index is 1.43. The van der Waals surface area contributed by atoms with Gasteiger partial charge in [-0.1, -0.05) is 44.2 Å². The molecule has 0 saturated carbocycles. The number of carbonyl (C=O) groups is 1. The van der Waals surface area contributed by atoms with Gasteiger partial charge in [0.05, 0.1) is 17.5 Å². The highest BCUT2D eigenvalue weighted by atomic mass is 19.4. The Morgan fingerprint density at radius 2 is 1.83 bits per heavy atom. The van der Waals surface area contributed by atoms with E-state index in [4.69, 9.17) is 4.74 Å². The normalized spacial score (nSPS) is 11.8. The number of carboxylic acid groups (broad SMARTS) is 1. The van der Waals surface area contributed by atoms with Gasteiger partial charge in [-0.3, -0.25) is 0 Å². The molecule has 212 valence electrons. The molecule has 0 unspecified atom stereocenters. The molecule has 5 rings (SSSR count). The predicted molar refractivity (Wildman–Crippen MR) is 149 cm³/mol. The summed E-state index contributed by atoms with van der Waals surface area (Å²) in [4.78, 5) is 11.6. The lowest BCUT2D eigenvalue weighted by molar-refractivity contribution is -0.274. The van der Waals surface area contributed by atoms with E-state index in [0.717, 1.165) is 27.8 Å². The molecule has 0 aliphatic rings. The summed E-state index contributed by atoms with van der Waals surface area (Å²) >= 11 is 0. The first-order chi connectivity index (χ1) is 19.4. The quantitative estimate of drug-likeness (QED) is 0.210. The third-order valence-electron chi connectivity index (χ3n) is 6.95. The minimum Gasteiger partial charge on any atom is -0.487 e. The maximum atomic E-state index is 13.1. The van der Waals surface area contributed by atoms with E-state index in [0.29, 0.717) is 16.8 Å². The zero-order valence-electron chi connectivity index (χ0n) is 22.9. The molecule has 0 amide bonds. The molecule has 0 radical (unpaired) electrons. The Morgan fingerprint density at radius 3 is 2.51 bits per heavy atom. The van der Waals surface area contributed by atoms with Crippen LogP contribution in [0, 0.1) is 6.92 Å². The Kier molecular flexibility index (Phi) is 7.25. The van der Waals surface area contributed by atoms with Crippen molar-refractivity contribution in [3.8, 4) is 28.3 Å². The second-order valence-electron chi connectivity index (χ2n) is 10.1. The monoisotopic (exact) mass is 563 g/mol. The number of aromatic carboxylic acids is 1. The highest BCUT2D eigenvalue weighted by Crippen LogP contribution is 2.34. The number of aryl methyl sites for hydroxylation is 2. The third kappa shape index (κ3) is 5.63. The Hall–Kier alpha value is -4.73. The number of carboxylic acids is 1. The molecule has 41 heavy (non-hydrogen) atoms. The molecule has 5 aromatic rings. The van der Waals surface area contributed by atoms with Gasteiger partial charge in [-0.25, -0.2) is 9.48 Å². The first kappa shape index (κ1) is 27.8. The first-order valence-corrected chi connectivity index (χ1v) is 12.9. The molecule has 0 atom stereocenters. The summed E-state index contributed by atoms with van der Waals surface area (Å²) < 4.78 is 52.8. The number of para-hydroxylation sites is 2. The summed E-state index contributed by atoms with van der Waals surface area (Å²) in [5.41, 5.74) is 5.51. The number of fused-ring (bicyclic) bond motifs is 1. The van der Waals surface area contributed by atoms with Crippen LogP contribution in [0.15, 0.2) is 73.1 Å². The van der Waals surface area contributed by atoms with Crippen molar-refractivity contribution in [3.63, 3.8) is 0 Å². The average Bonchev–Trinajstić information content (AvgIpc) is 3.48. The van der Waals surface area contributed by atoms with Crippen LogP contribution in [0.2, 0.25) is 0 Å². The van der Waals surface area contributed by atoms with Gasteiger partial charge in [0.2, 0.25) is 0 Å². The van der Waals surface area contributed by atoms with Crippen molar-refractivity contribution in [1.29, 1.82) is 0 Å². The van der Waals surface area contributed by atoms with Gasteiger partial charge in [0.1, 0.15) is 18.0 Å². The van der Waals surface area contributed by atoms with Crippen molar-refractivity contribution in [2.45, 2.75) is 39.7 Å². The number of aromatic nitrogens is 3. The predicted octanol–water partition coefficient (Wildman–Crippen LogP) is 7.64. The number of ether oxygens (including phenoxy) is 2. The van der Waals surface area contributed by atoms with Gasteiger partial charge in [-0.05, 0) is 65.4 Å². The molecule has 2 heterocycles. The minimum atomic E-state index is -4.84. The summed E-state index contributed by atoms with van der Waals surface area (Å²) in [5, 5.41) is 14.5. The molecule has 0 spiro atoms. The van der Waals surface area contributed by atoms with Gasteiger partial charge in [-0.2, -0.15) is 5.10 Å². The minimum absolute atomic E-state index is 0.0521. The first-order valence-electron chi connectivity index (χ1n) is 12.9. The Bertz CT molecular complexity index is 1750. The van der Waals surface area contributed by atoms with Crippen LogP contribution in [0.25, 0.3) is 27.7 Å². The van der Waals surface area contributed by atoms with Gasteiger partial charge in [0, 0.05) is 24.1 Å². The summed E-state index contributed by atoms with van der Waals surface area (Å²) in [5.74, 6) is -0.692. The molecular weight excluding hydrogens is 535 g/mol. The molecule has 0 bridgehead atoms. The van der Waals surface area contributed by atoms with Crippen LogP contribution in [0.1, 0.15) is 46.9 Å². The molecule has 0 aliphatic heterocycles. The number of halogens is 3. The third-order valence-corrected chi connectivity index (χ3v) is 6.95. The van der Waals surface area contributed by atoms with Crippen LogP contribution >= 0.6 is 0 Å². The van der Waals surface area contributed by atoms with Crippen LogP contribution in [0.5, 0.6) is 11.5 Å². The number of hydrogen-bond acceptors (Lipinski definition) is 4. The van der Waals surface area contributed by atoms with E-state index >= 15 is 0 Å². The van der Waals surface area contributed by atoms with Crippen molar-refractivity contribution >= 4 is 16.9 Å². The summed E-state index contributed by atoms with van der Waals surface area (Å²) in [6.45, 7) is 5.98. The zero-order chi connectivity index (χ0) is 29.5. The fourth-order valence-electron chi connectivity index (χ4n) is 4.99. The summed E-state index contributed by atoms with van der Waals surface area (Å²) in [6, 6.07) is 17.2. The lowest BCUT2D eigenvalue weighted by Crippen LogP contribution is -2.19. The van der Waals surface area contributed by atoms with Crippen molar-refractivity contribution in [2.24, 2.45) is 7.05 Å².